The van der Waals surface area contributed by atoms with Crippen molar-refractivity contribution in [1.29, 1.82) is 0 Å². The molecule has 2 aromatic rings. The van der Waals surface area contributed by atoms with Gasteiger partial charge in [-0.1, -0.05) is 67.5 Å². The van der Waals surface area contributed by atoms with Crippen molar-refractivity contribution in [2.45, 2.75) is 37.6 Å². The first-order valence-electron chi connectivity index (χ1n) is 9.17. The van der Waals surface area contributed by atoms with E-state index in [1.165, 1.54) is 38.1 Å². The third-order valence-electron chi connectivity index (χ3n) is 3.96. The maximum atomic E-state index is 14.5. The first-order valence-corrected chi connectivity index (χ1v) is 13.8. The summed E-state index contributed by atoms with van der Waals surface area (Å²) in [5.41, 5.74) is -0.414. The molecule has 34 heavy (non-hydrogen) atoms. The van der Waals surface area contributed by atoms with Crippen molar-refractivity contribution in [2.75, 3.05) is 0 Å². The van der Waals surface area contributed by atoms with Crippen molar-refractivity contribution in [3.05, 3.63) is 67.6 Å². The number of thioether (sulfide) groups is 2. The lowest BCUT2D eigenvalue weighted by Gasteiger charge is -2.15. The summed E-state index contributed by atoms with van der Waals surface area (Å²) < 4.78 is 77.9. The Labute approximate surface area is 218 Å². The van der Waals surface area contributed by atoms with Crippen molar-refractivity contribution in [1.82, 2.24) is 0 Å². The fourth-order valence-electron chi connectivity index (χ4n) is 2.44. The van der Waals surface area contributed by atoms with Gasteiger partial charge in [0, 0.05) is 38.9 Å². The second kappa shape index (κ2) is 12.4. The zero-order chi connectivity index (χ0) is 25.7. The molecule has 0 N–H and O–H groups in total. The molecule has 0 radical (unpaired) electrons. The highest BCUT2D eigenvalue weighted by atomic mass is 79.9. The van der Waals surface area contributed by atoms with Gasteiger partial charge in [0.2, 0.25) is 0 Å². The Morgan fingerprint density at radius 3 is 1.47 bits per heavy atom. The maximum Gasteiger partial charge on any atom is 0.710 e. The van der Waals surface area contributed by atoms with E-state index in [2.05, 4.69) is 40.9 Å². The summed E-state index contributed by atoms with van der Waals surface area (Å²) in [6, 6.07) is 7.17. The molecule has 0 saturated heterocycles. The van der Waals surface area contributed by atoms with E-state index in [0.717, 1.165) is 35.7 Å². The third-order valence-corrected chi connectivity index (χ3v) is 7.79. The molecule has 2 rings (SSSR count). The molecule has 0 aliphatic carbocycles. The summed E-state index contributed by atoms with van der Waals surface area (Å²) in [5, 5.41) is -0.305. The van der Waals surface area contributed by atoms with Crippen LogP contribution in [0.25, 0.3) is 0 Å². The van der Waals surface area contributed by atoms with E-state index in [9.17, 15) is 31.7 Å². The molecular formula is C20H16Br2F4O5PS2+. The predicted molar refractivity (Wildman–Crippen MR) is 130 cm³/mol. The smallest absolute Gasteiger partial charge is 0.288 e. The lowest BCUT2D eigenvalue weighted by Crippen LogP contribution is -2.20. The molecule has 0 bridgehead atoms. The van der Waals surface area contributed by atoms with Gasteiger partial charge < -0.3 is 0 Å². The van der Waals surface area contributed by atoms with Crippen LogP contribution in [0.4, 0.5) is 17.6 Å². The molecule has 0 atom stereocenters. The molecule has 5 nitrogen and oxygen atoms in total. The quantitative estimate of drug-likeness (QED) is 0.187. The highest BCUT2D eigenvalue weighted by Gasteiger charge is 2.52. The lowest BCUT2D eigenvalue weighted by molar-refractivity contribution is -0.221. The Morgan fingerprint density at radius 1 is 0.824 bits per heavy atom. The van der Waals surface area contributed by atoms with Gasteiger partial charge in [-0.3, -0.25) is 9.59 Å². The van der Waals surface area contributed by atoms with Crippen LogP contribution in [0.15, 0.2) is 45.3 Å². The van der Waals surface area contributed by atoms with E-state index in [4.69, 9.17) is 0 Å². The van der Waals surface area contributed by atoms with E-state index >= 15 is 0 Å². The molecule has 0 amide bonds. The summed E-state index contributed by atoms with van der Waals surface area (Å²) >= 11 is 7.85. The minimum Gasteiger partial charge on any atom is -0.288 e. The first kappa shape index (κ1) is 29.4. The first-order chi connectivity index (χ1) is 15.7. The van der Waals surface area contributed by atoms with Crippen molar-refractivity contribution >= 4 is 73.9 Å². The topological polar surface area (TPSA) is 69.7 Å². The molecule has 0 aliphatic rings. The number of carbonyl (C=O) groups is 2. The van der Waals surface area contributed by atoms with Crippen molar-refractivity contribution in [2.24, 2.45) is 0 Å². The molecule has 0 aromatic heterocycles. The molecule has 0 aliphatic heterocycles. The van der Waals surface area contributed by atoms with Crippen molar-refractivity contribution in [3.63, 3.8) is 0 Å². The Kier molecular flexibility index (Phi) is 10.7. The monoisotopic (exact) mass is 665 g/mol. The molecule has 0 heterocycles. The molecule has 2 aromatic carbocycles. The van der Waals surface area contributed by atoms with Crippen molar-refractivity contribution in [3.8, 4) is 0 Å². The van der Waals surface area contributed by atoms with E-state index < -0.39 is 31.6 Å². The number of halogens is 6. The average Bonchev–Trinajstić information content (AvgIpc) is 2.69. The number of carbonyl (C=O) groups excluding carboxylic acids is 2. The molecule has 0 fully saturated rings. The van der Waals surface area contributed by atoms with E-state index in [-0.39, 0.29) is 30.7 Å². The van der Waals surface area contributed by atoms with Crippen LogP contribution in [-0.2, 0) is 46.9 Å². The summed E-state index contributed by atoms with van der Waals surface area (Å²) in [5.74, 6) is 0.483. The largest absolute Gasteiger partial charge is 0.710 e. The maximum absolute atomic E-state index is 14.5. The van der Waals surface area contributed by atoms with E-state index in [1.54, 1.807) is 0 Å². The molecule has 14 heteroatoms. The molecular weight excluding hydrogens is 651 g/mol. The van der Waals surface area contributed by atoms with E-state index in [0.29, 0.717) is 11.1 Å². The number of hydrogen-bond donors (Lipinski definition) is 0. The van der Waals surface area contributed by atoms with Crippen LogP contribution in [0.2, 0.25) is 0 Å². The zero-order valence-corrected chi connectivity index (χ0v) is 23.2. The van der Waals surface area contributed by atoms with Gasteiger partial charge in [0.15, 0.2) is 10.2 Å². The standard InChI is InChI=1S/C20H16Br2F4O5PS2/c1-11(27)33-9-13-3-5-15(17(21)7-13)19(23,24)30-32(29)31-20(25,26)16-6-4-14(8-18(16)22)10-34-12(2)28/h3-8H,9-10H2,1-2H3/q+1. The fourth-order valence-corrected chi connectivity index (χ4v) is 5.46. The Bertz CT molecular complexity index is 1020. The van der Waals surface area contributed by atoms with Gasteiger partial charge in [-0.05, 0) is 44.4 Å². The second-order valence-electron chi connectivity index (χ2n) is 6.63. The third kappa shape index (κ3) is 8.69. The van der Waals surface area contributed by atoms with Crippen LogP contribution >= 0.6 is 63.6 Å². The van der Waals surface area contributed by atoms with Gasteiger partial charge in [-0.2, -0.15) is 17.6 Å². The Hall–Kier alpha value is -0.820. The van der Waals surface area contributed by atoms with Gasteiger partial charge in [0.1, 0.15) is 0 Å². The minimum atomic E-state index is -4.22. The van der Waals surface area contributed by atoms with Crippen LogP contribution < -0.4 is 0 Å². The number of rotatable bonds is 10. The normalized spacial score (nSPS) is 12.0. The zero-order valence-electron chi connectivity index (χ0n) is 17.5. The van der Waals surface area contributed by atoms with Gasteiger partial charge in [-0.25, -0.2) is 0 Å². The number of alkyl halides is 4. The van der Waals surface area contributed by atoms with Crippen molar-refractivity contribution < 1.29 is 40.8 Å². The fraction of sp³-hybridized carbons (Fsp3) is 0.300. The van der Waals surface area contributed by atoms with Crippen LogP contribution in [-0.4, -0.2) is 10.2 Å². The predicted octanol–water partition coefficient (Wildman–Crippen LogP) is 8.26. The van der Waals surface area contributed by atoms with Gasteiger partial charge in [0.25, 0.3) is 0 Å². The second-order valence-corrected chi connectivity index (χ2v) is 11.5. The van der Waals surface area contributed by atoms with Crippen LogP contribution in [0.3, 0.4) is 0 Å². The highest BCUT2D eigenvalue weighted by molar-refractivity contribution is 9.10. The Balaban J connectivity index is 2.11. The highest BCUT2D eigenvalue weighted by Crippen LogP contribution is 2.48. The van der Waals surface area contributed by atoms with Gasteiger partial charge >= 0.3 is 20.5 Å². The van der Waals surface area contributed by atoms with Crippen LogP contribution in [0.1, 0.15) is 36.1 Å². The lowest BCUT2D eigenvalue weighted by atomic mass is 10.1. The molecule has 184 valence electrons. The van der Waals surface area contributed by atoms with Gasteiger partial charge in [-0.15, -0.1) is 0 Å². The van der Waals surface area contributed by atoms with Gasteiger partial charge in [0.05, 0.1) is 11.1 Å². The van der Waals surface area contributed by atoms with Crippen LogP contribution in [0, 0.1) is 0 Å². The molecule has 0 spiro atoms. The Morgan fingerprint density at radius 2 is 1.18 bits per heavy atom. The van der Waals surface area contributed by atoms with Crippen LogP contribution in [0.5, 0.6) is 0 Å². The molecule has 0 saturated carbocycles. The minimum absolute atomic E-state index is 0.129. The summed E-state index contributed by atoms with van der Waals surface area (Å²) in [6.07, 6.45) is -8.45. The summed E-state index contributed by atoms with van der Waals surface area (Å²) in [4.78, 5) is 22.1. The number of hydrogen-bond acceptors (Lipinski definition) is 7. The summed E-state index contributed by atoms with van der Waals surface area (Å²) in [6.45, 7) is 2.73. The summed E-state index contributed by atoms with van der Waals surface area (Å²) in [7, 11) is -3.96. The average molecular weight is 667 g/mol. The van der Waals surface area contributed by atoms with E-state index in [1.807, 2.05) is 0 Å². The SMILES string of the molecule is CC(=O)SCc1ccc(C(F)(F)O[P+](=O)OC(F)(F)c2ccc(CSC(C)=O)cc2Br)c(Br)c1. The number of benzene rings is 2. The molecule has 0 unspecified atom stereocenters.